The zero-order valence-corrected chi connectivity index (χ0v) is 14.2. The van der Waals surface area contributed by atoms with Crippen LogP contribution in [-0.4, -0.2) is 35.7 Å². The first-order valence-electron chi connectivity index (χ1n) is 6.68. The Morgan fingerprint density at radius 2 is 1.17 bits per heavy atom. The fourth-order valence-corrected chi connectivity index (χ4v) is 1.12. The summed E-state index contributed by atoms with van der Waals surface area (Å²) >= 11 is 0. The molecular formula is C18H22N2NiO2. The van der Waals surface area contributed by atoms with Gasteiger partial charge in [0.05, 0.1) is 0 Å². The minimum atomic E-state index is -0.297. The third-order valence-electron chi connectivity index (χ3n) is 2.34. The molecule has 0 aliphatic rings. The molecule has 0 saturated heterocycles. The summed E-state index contributed by atoms with van der Waals surface area (Å²) in [6.07, 6.45) is 0. The minimum absolute atomic E-state index is 0. The van der Waals surface area contributed by atoms with E-state index in [0.29, 0.717) is 18.0 Å². The van der Waals surface area contributed by atoms with Crippen molar-refractivity contribution in [2.45, 2.75) is 19.4 Å². The predicted octanol–water partition coefficient (Wildman–Crippen LogP) is 3.70. The summed E-state index contributed by atoms with van der Waals surface area (Å²) in [7, 11) is 0. The molecule has 2 aromatic carbocycles. The summed E-state index contributed by atoms with van der Waals surface area (Å²) < 4.78 is 0. The van der Waals surface area contributed by atoms with Crippen molar-refractivity contribution in [1.29, 1.82) is 0 Å². The fourth-order valence-electron chi connectivity index (χ4n) is 1.12. The van der Waals surface area contributed by atoms with Gasteiger partial charge in [-0.2, -0.15) is 0 Å². The molecule has 126 valence electrons. The molecule has 0 aliphatic heterocycles. The second kappa shape index (κ2) is 13.5. The summed E-state index contributed by atoms with van der Waals surface area (Å²) in [5.74, 6) is 0.644. The molecule has 0 bridgehead atoms. The van der Waals surface area contributed by atoms with E-state index in [0.717, 1.165) is 0 Å². The van der Waals surface area contributed by atoms with Crippen LogP contribution < -0.4 is 0 Å². The van der Waals surface area contributed by atoms with Crippen molar-refractivity contribution >= 4 is 13.4 Å². The van der Waals surface area contributed by atoms with E-state index < -0.39 is 0 Å². The molecule has 0 aliphatic carbocycles. The van der Waals surface area contributed by atoms with Crippen molar-refractivity contribution < 1.29 is 26.7 Å². The summed E-state index contributed by atoms with van der Waals surface area (Å²) in [5, 5.41) is 17.3. The van der Waals surface area contributed by atoms with Gasteiger partial charge in [-0.1, -0.05) is 36.4 Å². The number of phenols is 2. The van der Waals surface area contributed by atoms with Crippen LogP contribution in [0.2, 0.25) is 0 Å². The average molecular weight is 357 g/mol. The van der Waals surface area contributed by atoms with Crippen LogP contribution in [0.5, 0.6) is 11.5 Å². The van der Waals surface area contributed by atoms with Gasteiger partial charge in [0.1, 0.15) is 11.5 Å². The summed E-state index contributed by atoms with van der Waals surface area (Å²) in [4.78, 5) is 6.94. The van der Waals surface area contributed by atoms with E-state index >= 15 is 0 Å². The van der Waals surface area contributed by atoms with Gasteiger partial charge in [0.25, 0.3) is 0 Å². The maximum atomic E-state index is 8.63. The fraction of sp³-hybridized carbons (Fsp3) is 0.222. The number of benzene rings is 2. The van der Waals surface area contributed by atoms with Crippen molar-refractivity contribution in [3.63, 3.8) is 0 Å². The smallest absolute Gasteiger partial charge is 0.508 e. The van der Waals surface area contributed by atoms with E-state index in [4.69, 9.17) is 23.6 Å². The number of para-hydroxylation sites is 2. The Bertz CT molecular complexity index is 494. The number of hydrogen-bond donors (Lipinski definition) is 2. The standard InChI is InChI=1S/C6H10N2.2C6H6O.Ni/c1-6(2,8-4)5-7-3;2*7-6-4-2-1-3-5-6;/h3-4H,5H2,1-2H3;2*1-5,7H;/q-2;;;+2. The van der Waals surface area contributed by atoms with Gasteiger partial charge in [-0.25, -0.2) is 0 Å². The summed E-state index contributed by atoms with van der Waals surface area (Å²) in [6.45, 7) is 14.1. The Hall–Kier alpha value is -2.13. The Labute approximate surface area is 148 Å². The molecule has 0 unspecified atom stereocenters. The topological polar surface area (TPSA) is 65.2 Å². The molecule has 0 amide bonds. The third kappa shape index (κ3) is 14.6. The first kappa shape index (κ1) is 23.1. The van der Waals surface area contributed by atoms with Crippen LogP contribution in [-0.2, 0) is 16.5 Å². The van der Waals surface area contributed by atoms with E-state index in [2.05, 4.69) is 9.98 Å². The Morgan fingerprint density at radius 1 is 0.826 bits per heavy atom. The Morgan fingerprint density at radius 3 is 1.30 bits per heavy atom. The molecule has 2 N–H and O–H groups in total. The van der Waals surface area contributed by atoms with Crippen molar-refractivity contribution in [1.82, 2.24) is 0 Å². The van der Waals surface area contributed by atoms with Gasteiger partial charge in [-0.05, 0) is 38.1 Å². The van der Waals surface area contributed by atoms with Crippen LogP contribution in [0.15, 0.2) is 70.6 Å². The molecule has 0 atom stereocenters. The number of hydrogen-bond acceptors (Lipinski definition) is 4. The number of phenolic OH excluding ortho intramolecular Hbond substituents is 2. The van der Waals surface area contributed by atoms with Gasteiger partial charge in [-0.15, -0.1) is 0 Å². The quantitative estimate of drug-likeness (QED) is 0.500. The number of aliphatic imine (C=N–C) groups is 2. The molecular weight excluding hydrogens is 335 g/mol. The molecule has 0 saturated carbocycles. The van der Waals surface area contributed by atoms with Gasteiger partial charge in [0, 0.05) is 12.1 Å². The van der Waals surface area contributed by atoms with Crippen LogP contribution in [0.4, 0.5) is 0 Å². The van der Waals surface area contributed by atoms with E-state index in [1.807, 2.05) is 26.0 Å². The molecule has 23 heavy (non-hydrogen) atoms. The summed E-state index contributed by atoms with van der Waals surface area (Å²) in [6, 6.07) is 17.4. The van der Waals surface area contributed by atoms with Crippen LogP contribution >= 0.6 is 0 Å². The number of nitrogens with zero attached hydrogens (tertiary/aromatic N) is 2. The molecule has 0 fully saturated rings. The molecule has 4 nitrogen and oxygen atoms in total. The largest absolute Gasteiger partial charge is 2.00 e. The monoisotopic (exact) mass is 356 g/mol. The average Bonchev–Trinajstić information content (AvgIpc) is 2.50. The first-order valence-corrected chi connectivity index (χ1v) is 6.68. The van der Waals surface area contributed by atoms with Crippen LogP contribution in [0.3, 0.4) is 0 Å². The van der Waals surface area contributed by atoms with Gasteiger partial charge >= 0.3 is 16.5 Å². The van der Waals surface area contributed by atoms with Crippen molar-refractivity contribution in [3.8, 4) is 11.5 Å². The van der Waals surface area contributed by atoms with Crippen molar-refractivity contribution in [3.05, 3.63) is 60.7 Å². The second-order valence-corrected chi connectivity index (χ2v) is 4.95. The van der Waals surface area contributed by atoms with E-state index in [1.54, 1.807) is 48.5 Å². The molecule has 2 rings (SSSR count). The van der Waals surface area contributed by atoms with Gasteiger partial charge in [0.2, 0.25) is 0 Å². The first-order chi connectivity index (χ1) is 10.4. The maximum Gasteiger partial charge on any atom is 2.00 e. The van der Waals surface area contributed by atoms with E-state index in [1.165, 1.54) is 0 Å². The Kier molecular flexibility index (Phi) is 13.6. The maximum absolute atomic E-state index is 8.63. The van der Waals surface area contributed by atoms with Crippen LogP contribution in [0.1, 0.15) is 13.8 Å². The van der Waals surface area contributed by atoms with Gasteiger partial charge < -0.3 is 33.6 Å². The second-order valence-electron chi connectivity index (χ2n) is 4.95. The van der Waals surface area contributed by atoms with Crippen LogP contribution in [0, 0.1) is 0 Å². The number of rotatable bonds is 3. The molecule has 2 aromatic rings. The third-order valence-corrected chi connectivity index (χ3v) is 2.34. The Balaban J connectivity index is 0. The van der Waals surface area contributed by atoms with Gasteiger partial charge in [0.15, 0.2) is 0 Å². The number of aromatic hydroxyl groups is 2. The van der Waals surface area contributed by atoms with E-state index in [-0.39, 0.29) is 22.0 Å². The zero-order valence-electron chi connectivity index (χ0n) is 13.2. The predicted molar refractivity (Wildman–Crippen MR) is 92.1 cm³/mol. The molecule has 0 spiro atoms. The van der Waals surface area contributed by atoms with Crippen molar-refractivity contribution in [2.75, 3.05) is 6.54 Å². The normalized spacial score (nSPS) is 8.96. The summed E-state index contributed by atoms with van der Waals surface area (Å²) in [5.41, 5.74) is -0.297. The van der Waals surface area contributed by atoms with Crippen molar-refractivity contribution in [2.24, 2.45) is 9.98 Å². The zero-order chi connectivity index (χ0) is 16.8. The van der Waals surface area contributed by atoms with Gasteiger partial charge in [-0.3, -0.25) is 0 Å². The SMILES string of the molecule is Oc1ccccc1.Oc1ccccc1.[CH-]=NCC(C)(C)N=[CH-].[Ni+2]. The minimum Gasteiger partial charge on any atom is -0.508 e. The molecule has 5 heteroatoms. The molecule has 0 radical (unpaired) electrons. The molecule has 0 heterocycles. The molecule has 0 aromatic heterocycles. The van der Waals surface area contributed by atoms with Crippen LogP contribution in [0.25, 0.3) is 0 Å². The van der Waals surface area contributed by atoms with E-state index in [9.17, 15) is 0 Å².